The topological polar surface area (TPSA) is 74.1 Å². The van der Waals surface area contributed by atoms with Crippen LogP contribution in [0.15, 0.2) is 66.0 Å². The van der Waals surface area contributed by atoms with E-state index in [1.54, 1.807) is 0 Å². The van der Waals surface area contributed by atoms with Crippen LogP contribution in [0.3, 0.4) is 0 Å². The molecule has 9 nitrogen and oxygen atoms in total. The third-order valence-corrected chi connectivity index (χ3v) is 9.97. The fourth-order valence-corrected chi connectivity index (χ4v) is 7.53. The summed E-state index contributed by atoms with van der Waals surface area (Å²) in [4.78, 5) is 40.5. The summed E-state index contributed by atoms with van der Waals surface area (Å²) >= 11 is 0. The zero-order chi connectivity index (χ0) is 31.4. The summed E-state index contributed by atoms with van der Waals surface area (Å²) < 4.78 is 8.70. The highest BCUT2D eigenvalue weighted by atomic mass is 16.5. The summed E-state index contributed by atoms with van der Waals surface area (Å²) in [7, 11) is 2.15. The largest absolute Gasteiger partial charge is 0.488 e. The van der Waals surface area contributed by atoms with Crippen molar-refractivity contribution in [1.29, 1.82) is 0 Å². The second-order valence-corrected chi connectivity index (χ2v) is 13.0. The molecule has 3 aromatic carbocycles. The Morgan fingerprint density at radius 1 is 1.02 bits per heavy atom. The smallest absolute Gasteiger partial charge is 0.350 e. The van der Waals surface area contributed by atoms with Gasteiger partial charge in [0.15, 0.2) is 5.75 Å². The number of nitrogens with zero attached hydrogens (tertiary/aromatic N) is 6. The molecule has 234 valence electrons. The van der Waals surface area contributed by atoms with Crippen LogP contribution >= 0.6 is 0 Å². The molecule has 0 unspecified atom stereocenters. The van der Waals surface area contributed by atoms with Gasteiger partial charge in [-0.05, 0) is 61.9 Å². The molecule has 3 aliphatic rings. The van der Waals surface area contributed by atoms with E-state index in [1.165, 1.54) is 6.08 Å². The minimum Gasteiger partial charge on any atom is -0.488 e. The van der Waals surface area contributed by atoms with E-state index in [4.69, 9.17) is 9.72 Å². The molecule has 45 heavy (non-hydrogen) atoms. The number of rotatable bonds is 5. The van der Waals surface area contributed by atoms with Crippen molar-refractivity contribution in [2.24, 2.45) is 0 Å². The lowest BCUT2D eigenvalue weighted by molar-refractivity contribution is -0.128. The number of piperazine rings is 2. The number of aryl methyl sites for hydroxylation is 1. The maximum atomic E-state index is 14.2. The highest BCUT2D eigenvalue weighted by Gasteiger charge is 2.36. The molecule has 3 atom stereocenters. The third-order valence-electron chi connectivity index (χ3n) is 9.97. The van der Waals surface area contributed by atoms with Crippen LogP contribution in [0.25, 0.3) is 32.8 Å². The lowest BCUT2D eigenvalue weighted by Gasteiger charge is -2.45. The lowest BCUT2D eigenvalue weighted by Crippen LogP contribution is -2.58. The highest BCUT2D eigenvalue weighted by Crippen LogP contribution is 2.46. The molecular formula is C36H42N6O3. The summed E-state index contributed by atoms with van der Waals surface area (Å²) in [6.07, 6.45) is 1.38. The Kier molecular flexibility index (Phi) is 7.61. The number of carbonyl (C=O) groups is 1. The SMILES string of the molecule is C=CC(=O)N1C[C@H](C)N(c2nc(=O)n3c4c(c(-c5cccc6ccccc56)c(C)cc24)OC[C@H]3CN2CCN(C)CC2)C[C@H]1C. The molecule has 0 saturated carbocycles. The maximum Gasteiger partial charge on any atom is 0.350 e. The molecule has 3 aliphatic heterocycles. The number of hydrogen-bond donors (Lipinski definition) is 0. The van der Waals surface area contributed by atoms with Gasteiger partial charge < -0.3 is 19.4 Å². The van der Waals surface area contributed by atoms with Crippen molar-refractivity contribution in [2.75, 3.05) is 64.4 Å². The number of anilines is 1. The van der Waals surface area contributed by atoms with Crippen LogP contribution in [0.4, 0.5) is 5.82 Å². The van der Waals surface area contributed by atoms with Gasteiger partial charge >= 0.3 is 5.69 Å². The van der Waals surface area contributed by atoms with Gasteiger partial charge in [-0.3, -0.25) is 14.3 Å². The van der Waals surface area contributed by atoms with Gasteiger partial charge in [-0.1, -0.05) is 49.0 Å². The molecule has 0 radical (unpaired) electrons. The second kappa shape index (κ2) is 11.6. The van der Waals surface area contributed by atoms with Crippen molar-refractivity contribution in [3.8, 4) is 16.9 Å². The van der Waals surface area contributed by atoms with E-state index >= 15 is 0 Å². The number of hydrogen-bond acceptors (Lipinski definition) is 7. The average molecular weight is 607 g/mol. The van der Waals surface area contributed by atoms with Crippen LogP contribution in [-0.2, 0) is 4.79 Å². The van der Waals surface area contributed by atoms with Crippen molar-refractivity contribution in [2.45, 2.75) is 38.9 Å². The molecule has 7 rings (SSSR count). The maximum absolute atomic E-state index is 14.2. The Bertz CT molecular complexity index is 1850. The van der Waals surface area contributed by atoms with Crippen LogP contribution in [0.2, 0.25) is 0 Å². The normalized spacial score (nSPS) is 22.5. The average Bonchev–Trinajstić information content (AvgIpc) is 3.04. The van der Waals surface area contributed by atoms with Crippen LogP contribution in [0.1, 0.15) is 25.5 Å². The first-order valence-electron chi connectivity index (χ1n) is 16.1. The predicted octanol–water partition coefficient (Wildman–Crippen LogP) is 4.32. The number of ether oxygens (including phenoxy) is 1. The van der Waals surface area contributed by atoms with Gasteiger partial charge in [0.1, 0.15) is 12.4 Å². The van der Waals surface area contributed by atoms with Crippen LogP contribution in [-0.4, -0.2) is 102 Å². The van der Waals surface area contributed by atoms with Gasteiger partial charge in [-0.25, -0.2) is 4.79 Å². The zero-order valence-electron chi connectivity index (χ0n) is 26.7. The Morgan fingerprint density at radius 3 is 2.56 bits per heavy atom. The Labute approximate surface area is 264 Å². The number of likely N-dealkylation sites (N-methyl/N-ethyl adjacent to an activating group) is 1. The van der Waals surface area contributed by atoms with Crippen molar-refractivity contribution in [3.63, 3.8) is 0 Å². The molecule has 2 saturated heterocycles. The fraction of sp³-hybridized carbons (Fsp3) is 0.417. The number of aromatic nitrogens is 2. The molecule has 2 fully saturated rings. The molecule has 1 amide bonds. The molecule has 4 heterocycles. The van der Waals surface area contributed by atoms with Gasteiger partial charge in [-0.2, -0.15) is 4.98 Å². The summed E-state index contributed by atoms with van der Waals surface area (Å²) in [5.41, 5.74) is 3.74. The number of fused-ring (bicyclic) bond motifs is 1. The summed E-state index contributed by atoms with van der Waals surface area (Å²) in [6.45, 7) is 16.1. The monoisotopic (exact) mass is 606 g/mol. The molecule has 1 aromatic heterocycles. The first kappa shape index (κ1) is 29.5. The van der Waals surface area contributed by atoms with Gasteiger partial charge in [0.05, 0.1) is 11.6 Å². The lowest BCUT2D eigenvalue weighted by atomic mass is 9.92. The van der Waals surface area contributed by atoms with E-state index < -0.39 is 0 Å². The summed E-state index contributed by atoms with van der Waals surface area (Å²) in [5, 5.41) is 3.22. The Morgan fingerprint density at radius 2 is 1.78 bits per heavy atom. The number of amides is 1. The Balaban J connectivity index is 1.42. The third kappa shape index (κ3) is 5.08. The quantitative estimate of drug-likeness (QED) is 0.314. The van der Waals surface area contributed by atoms with Crippen molar-refractivity contribution in [1.82, 2.24) is 24.3 Å². The first-order valence-corrected chi connectivity index (χ1v) is 16.1. The van der Waals surface area contributed by atoms with E-state index in [0.717, 1.165) is 76.8 Å². The summed E-state index contributed by atoms with van der Waals surface area (Å²) in [6, 6.07) is 16.7. The van der Waals surface area contributed by atoms with Crippen LogP contribution in [0.5, 0.6) is 5.75 Å². The Hall–Kier alpha value is -4.21. The second-order valence-electron chi connectivity index (χ2n) is 13.0. The van der Waals surface area contributed by atoms with E-state index in [-0.39, 0.29) is 29.7 Å². The van der Waals surface area contributed by atoms with Gasteiger partial charge in [0, 0.05) is 68.8 Å². The van der Waals surface area contributed by atoms with Gasteiger partial charge in [0.2, 0.25) is 5.91 Å². The van der Waals surface area contributed by atoms with Gasteiger partial charge in [-0.15, -0.1) is 0 Å². The van der Waals surface area contributed by atoms with E-state index in [9.17, 15) is 9.59 Å². The van der Waals surface area contributed by atoms with E-state index in [2.05, 4.69) is 90.7 Å². The summed E-state index contributed by atoms with van der Waals surface area (Å²) in [5.74, 6) is 1.33. The molecular weight excluding hydrogens is 564 g/mol. The highest BCUT2D eigenvalue weighted by molar-refractivity contribution is 6.05. The molecule has 0 bridgehead atoms. The fourth-order valence-electron chi connectivity index (χ4n) is 7.53. The van der Waals surface area contributed by atoms with Crippen molar-refractivity contribution >= 4 is 33.4 Å². The minimum atomic E-state index is -0.252. The zero-order valence-corrected chi connectivity index (χ0v) is 26.7. The molecule has 9 heteroatoms. The minimum absolute atomic E-state index is 0.0393. The molecule has 4 aromatic rings. The predicted molar refractivity (Wildman–Crippen MR) is 180 cm³/mol. The number of carbonyl (C=O) groups excluding carboxylic acids is 1. The van der Waals surface area contributed by atoms with E-state index in [0.29, 0.717) is 25.5 Å². The van der Waals surface area contributed by atoms with Crippen LogP contribution in [0, 0.1) is 6.92 Å². The van der Waals surface area contributed by atoms with Gasteiger partial charge in [0.25, 0.3) is 0 Å². The molecule has 0 aliphatic carbocycles. The van der Waals surface area contributed by atoms with Crippen LogP contribution < -0.4 is 15.3 Å². The molecule has 0 spiro atoms. The van der Waals surface area contributed by atoms with E-state index in [1.807, 2.05) is 16.4 Å². The number of benzene rings is 3. The first-order chi connectivity index (χ1) is 21.7. The van der Waals surface area contributed by atoms with Crippen molar-refractivity contribution in [3.05, 3.63) is 77.2 Å². The standard InChI is InChI=1S/C36H42N6O3/c1-6-31(43)40-19-25(4)41(20-24(40)3)35-30-18-23(2)32(29-13-9-11-26-10-7-8-12-28(26)29)34-33(30)42(36(44)37-35)27(22-45-34)21-39-16-14-38(5)15-17-39/h6-13,18,24-25,27H,1,14-17,19-22H2,2-5H3/t24-,25+,27-/m1/s1. The van der Waals surface area contributed by atoms with Crippen molar-refractivity contribution < 1.29 is 9.53 Å². The molecule has 0 N–H and O–H groups in total.